The van der Waals surface area contributed by atoms with Crippen LogP contribution in [0, 0.1) is 19.8 Å². The summed E-state index contributed by atoms with van der Waals surface area (Å²) in [6.07, 6.45) is 1.85. The van der Waals surface area contributed by atoms with E-state index in [1.165, 1.54) is 6.92 Å². The Balaban J connectivity index is 1.99. The molecular weight excluding hydrogens is 360 g/mol. The number of aromatic nitrogens is 2. The number of nitrogens with zero attached hydrogens (tertiary/aromatic N) is 4. The molecule has 0 spiro atoms. The van der Waals surface area contributed by atoms with Crippen LogP contribution in [0.4, 0.5) is 0 Å². The molecule has 0 saturated carbocycles. The number of carbonyl (C=O) groups excluding carboxylic acids is 2. The molecule has 1 N–H and O–H groups in total. The predicted molar refractivity (Wildman–Crippen MR) is 105 cm³/mol. The monoisotopic (exact) mass is 392 g/mol. The molecule has 0 radical (unpaired) electrons. The van der Waals surface area contributed by atoms with Gasteiger partial charge in [0.2, 0.25) is 5.91 Å². The first-order valence-corrected chi connectivity index (χ1v) is 9.82. The van der Waals surface area contributed by atoms with E-state index in [0.29, 0.717) is 43.7 Å². The minimum absolute atomic E-state index is 0.0143. The third kappa shape index (κ3) is 5.19. The number of Topliss-reactive ketones (excluding diaryl/α,β-unsaturated/α-hetero) is 1. The lowest BCUT2D eigenvalue weighted by atomic mass is 9.87. The first-order chi connectivity index (χ1) is 13.1. The number of likely N-dealkylation sites (tertiary alicyclic amines) is 1. The van der Waals surface area contributed by atoms with Crippen LogP contribution < -0.4 is 0 Å². The standard InChI is InChI=1S/C20H32N4O4/c1-13-20(15(3)25)14(2)24(21-13)11-9-18(26)23-10-8-17(22(4)5)16(12-23)6-7-19(27)28/h16-17H,6-12H2,1-5H3,(H,27,28)/t16-,17+/m1/s1. The minimum atomic E-state index is -0.799. The molecule has 1 aromatic heterocycles. The summed E-state index contributed by atoms with van der Waals surface area (Å²) in [4.78, 5) is 39.5. The highest BCUT2D eigenvalue weighted by atomic mass is 16.4. The number of amides is 1. The van der Waals surface area contributed by atoms with E-state index < -0.39 is 5.97 Å². The molecule has 1 fully saturated rings. The summed E-state index contributed by atoms with van der Waals surface area (Å²) in [7, 11) is 4.01. The van der Waals surface area contributed by atoms with Gasteiger partial charge in [-0.1, -0.05) is 0 Å². The second-order valence-corrected chi connectivity index (χ2v) is 7.93. The fourth-order valence-electron chi connectivity index (χ4n) is 4.30. The Morgan fingerprint density at radius 2 is 1.89 bits per heavy atom. The number of aliphatic carboxylic acids is 1. The number of aryl methyl sites for hydroxylation is 2. The van der Waals surface area contributed by atoms with E-state index in [9.17, 15) is 14.4 Å². The number of carbonyl (C=O) groups is 3. The fraction of sp³-hybridized carbons (Fsp3) is 0.700. The number of ketones is 1. The first kappa shape index (κ1) is 22.1. The van der Waals surface area contributed by atoms with Crippen molar-refractivity contribution in [3.05, 3.63) is 17.0 Å². The second kappa shape index (κ2) is 9.32. The van der Waals surface area contributed by atoms with Gasteiger partial charge in [-0.15, -0.1) is 0 Å². The smallest absolute Gasteiger partial charge is 0.303 e. The van der Waals surface area contributed by atoms with Crippen molar-refractivity contribution in [1.29, 1.82) is 0 Å². The molecule has 0 bridgehead atoms. The highest BCUT2D eigenvalue weighted by Gasteiger charge is 2.32. The van der Waals surface area contributed by atoms with Crippen LogP contribution in [0.1, 0.15) is 54.4 Å². The van der Waals surface area contributed by atoms with Crippen molar-refractivity contribution in [2.24, 2.45) is 5.92 Å². The van der Waals surface area contributed by atoms with Crippen LogP contribution in [0.15, 0.2) is 0 Å². The van der Waals surface area contributed by atoms with Gasteiger partial charge in [0.1, 0.15) is 0 Å². The lowest BCUT2D eigenvalue weighted by Crippen LogP contribution is -2.50. The van der Waals surface area contributed by atoms with E-state index in [0.717, 1.165) is 12.1 Å². The summed E-state index contributed by atoms with van der Waals surface area (Å²) in [6, 6.07) is 0.289. The molecule has 1 saturated heterocycles. The molecule has 1 aliphatic rings. The van der Waals surface area contributed by atoms with Gasteiger partial charge in [0.15, 0.2) is 5.78 Å². The highest BCUT2D eigenvalue weighted by molar-refractivity contribution is 5.96. The van der Waals surface area contributed by atoms with Gasteiger partial charge in [-0.3, -0.25) is 19.1 Å². The van der Waals surface area contributed by atoms with Crippen molar-refractivity contribution in [3.8, 4) is 0 Å². The Labute approximate surface area is 166 Å². The summed E-state index contributed by atoms with van der Waals surface area (Å²) in [5.74, 6) is -0.609. The van der Waals surface area contributed by atoms with E-state index in [2.05, 4.69) is 10.00 Å². The number of carboxylic acid groups (broad SMARTS) is 1. The quantitative estimate of drug-likeness (QED) is 0.677. The Morgan fingerprint density at radius 3 is 2.43 bits per heavy atom. The average molecular weight is 393 g/mol. The lowest BCUT2D eigenvalue weighted by Gasteiger charge is -2.41. The molecule has 1 aromatic rings. The number of carboxylic acids is 1. The lowest BCUT2D eigenvalue weighted by molar-refractivity contribution is -0.137. The Morgan fingerprint density at radius 1 is 1.21 bits per heavy atom. The van der Waals surface area contributed by atoms with Gasteiger partial charge < -0.3 is 14.9 Å². The molecule has 0 aliphatic carbocycles. The number of rotatable bonds is 8. The van der Waals surface area contributed by atoms with Crippen molar-refractivity contribution in [1.82, 2.24) is 19.6 Å². The van der Waals surface area contributed by atoms with Gasteiger partial charge in [0.25, 0.3) is 0 Å². The van der Waals surface area contributed by atoms with E-state index in [1.807, 2.05) is 25.9 Å². The SMILES string of the molecule is CC(=O)c1c(C)nn(CCC(=O)N2CC[C@H](N(C)C)[C@H](CCC(=O)O)C2)c1C. The van der Waals surface area contributed by atoms with Gasteiger partial charge in [0, 0.05) is 44.2 Å². The second-order valence-electron chi connectivity index (χ2n) is 7.93. The molecule has 156 valence electrons. The summed E-state index contributed by atoms with van der Waals surface area (Å²) < 4.78 is 1.73. The highest BCUT2D eigenvalue weighted by Crippen LogP contribution is 2.25. The van der Waals surface area contributed by atoms with Crippen LogP contribution >= 0.6 is 0 Å². The molecule has 0 aromatic carbocycles. The topological polar surface area (TPSA) is 95.7 Å². The van der Waals surface area contributed by atoms with E-state index in [4.69, 9.17) is 5.11 Å². The molecule has 8 heteroatoms. The zero-order valence-corrected chi connectivity index (χ0v) is 17.6. The summed E-state index contributed by atoms with van der Waals surface area (Å²) in [5, 5.41) is 13.4. The van der Waals surface area contributed by atoms with Gasteiger partial charge in [0.05, 0.1) is 11.3 Å². The molecule has 8 nitrogen and oxygen atoms in total. The van der Waals surface area contributed by atoms with Crippen molar-refractivity contribution in [3.63, 3.8) is 0 Å². The first-order valence-electron chi connectivity index (χ1n) is 9.82. The number of hydrogen-bond acceptors (Lipinski definition) is 5. The maximum absolute atomic E-state index is 12.8. The molecule has 1 aliphatic heterocycles. The fourth-order valence-corrected chi connectivity index (χ4v) is 4.30. The van der Waals surface area contributed by atoms with Gasteiger partial charge in [-0.2, -0.15) is 5.10 Å². The van der Waals surface area contributed by atoms with Crippen molar-refractivity contribution in [2.75, 3.05) is 27.2 Å². The molecule has 28 heavy (non-hydrogen) atoms. The Hall–Kier alpha value is -2.22. The van der Waals surface area contributed by atoms with Gasteiger partial charge >= 0.3 is 5.97 Å². The van der Waals surface area contributed by atoms with E-state index in [-0.39, 0.29) is 30.1 Å². The van der Waals surface area contributed by atoms with Crippen LogP contribution in [-0.4, -0.2) is 75.6 Å². The maximum atomic E-state index is 12.8. The normalized spacial score (nSPS) is 19.9. The number of piperidine rings is 1. The Bertz CT molecular complexity index is 741. The van der Waals surface area contributed by atoms with Crippen LogP contribution in [-0.2, 0) is 16.1 Å². The average Bonchev–Trinajstić information content (AvgIpc) is 2.90. The summed E-state index contributed by atoms with van der Waals surface area (Å²) in [5.41, 5.74) is 2.12. The van der Waals surface area contributed by atoms with Crippen molar-refractivity contribution >= 4 is 17.7 Å². The molecule has 2 heterocycles. The predicted octanol–water partition coefficient (Wildman–Crippen LogP) is 1.74. The molecular formula is C20H32N4O4. The van der Waals surface area contributed by atoms with Gasteiger partial charge in [-0.25, -0.2) is 0 Å². The molecule has 2 atom stereocenters. The van der Waals surface area contributed by atoms with Crippen LogP contribution in [0.3, 0.4) is 0 Å². The van der Waals surface area contributed by atoms with Crippen molar-refractivity contribution < 1.29 is 19.5 Å². The van der Waals surface area contributed by atoms with Gasteiger partial charge in [-0.05, 0) is 53.6 Å². The summed E-state index contributed by atoms with van der Waals surface area (Å²) in [6.45, 7) is 6.89. The third-order valence-corrected chi connectivity index (χ3v) is 5.71. The number of hydrogen-bond donors (Lipinski definition) is 1. The largest absolute Gasteiger partial charge is 0.481 e. The minimum Gasteiger partial charge on any atom is -0.481 e. The summed E-state index contributed by atoms with van der Waals surface area (Å²) >= 11 is 0. The maximum Gasteiger partial charge on any atom is 0.303 e. The van der Waals surface area contributed by atoms with E-state index >= 15 is 0 Å². The molecule has 2 rings (SSSR count). The zero-order valence-electron chi connectivity index (χ0n) is 17.6. The van der Waals surface area contributed by atoms with Crippen LogP contribution in [0.25, 0.3) is 0 Å². The van der Waals surface area contributed by atoms with Crippen molar-refractivity contribution in [2.45, 2.75) is 59.0 Å². The Kier molecular flexibility index (Phi) is 7.35. The van der Waals surface area contributed by atoms with Crippen LogP contribution in [0.5, 0.6) is 0 Å². The molecule has 0 unspecified atom stereocenters. The van der Waals surface area contributed by atoms with Crippen LogP contribution in [0.2, 0.25) is 0 Å². The van der Waals surface area contributed by atoms with E-state index in [1.54, 1.807) is 11.6 Å². The third-order valence-electron chi connectivity index (χ3n) is 5.71. The molecule has 1 amide bonds. The zero-order chi connectivity index (χ0) is 21.0.